The van der Waals surface area contributed by atoms with Crippen LogP contribution in [0.25, 0.3) is 11.0 Å². The molecule has 1 aliphatic heterocycles. The molecule has 2 aliphatic rings. The van der Waals surface area contributed by atoms with Crippen molar-refractivity contribution >= 4 is 17.0 Å². The Morgan fingerprint density at radius 1 is 1.22 bits per heavy atom. The number of pyridine rings is 1. The standard InChI is InChI=1S/C33H39N5O3/c1-6-25-18-38(21(4)32-29(41-25)11-8-12-34-32)17-24-15-23(14-22-9-7-10-26(22)24)28(16-30(39)40)27-13-19(2)33-31(20(27)3)35-36-37(33)5/h8,11-15,21,25,28H,6-7,9-10,16-18H2,1-5H3,(H,39,40)/t21-,25+,28-/m0/s1. The topological polar surface area (TPSA) is 93.4 Å². The highest BCUT2D eigenvalue weighted by molar-refractivity contribution is 5.83. The molecule has 0 amide bonds. The van der Waals surface area contributed by atoms with Crippen LogP contribution in [-0.2, 0) is 31.2 Å². The van der Waals surface area contributed by atoms with E-state index in [1.54, 1.807) is 4.68 Å². The van der Waals surface area contributed by atoms with E-state index in [9.17, 15) is 9.90 Å². The maximum Gasteiger partial charge on any atom is 0.304 e. The number of benzene rings is 2. The van der Waals surface area contributed by atoms with Crippen molar-refractivity contribution in [3.63, 3.8) is 0 Å². The zero-order chi connectivity index (χ0) is 28.8. The fourth-order valence-electron chi connectivity index (χ4n) is 6.97. The summed E-state index contributed by atoms with van der Waals surface area (Å²) in [4.78, 5) is 19.5. The number of aryl methyl sites for hydroxylation is 4. The van der Waals surface area contributed by atoms with Gasteiger partial charge in [0.15, 0.2) is 0 Å². The van der Waals surface area contributed by atoms with Gasteiger partial charge in [-0.2, -0.15) is 0 Å². The smallest absolute Gasteiger partial charge is 0.304 e. The van der Waals surface area contributed by atoms with Gasteiger partial charge in [0, 0.05) is 32.3 Å². The molecule has 1 aliphatic carbocycles. The lowest BCUT2D eigenvalue weighted by Gasteiger charge is -2.30. The highest BCUT2D eigenvalue weighted by atomic mass is 16.5. The second-order valence-electron chi connectivity index (χ2n) is 11.8. The van der Waals surface area contributed by atoms with E-state index >= 15 is 0 Å². The summed E-state index contributed by atoms with van der Waals surface area (Å²) in [5.74, 6) is -0.210. The number of aromatic nitrogens is 4. The van der Waals surface area contributed by atoms with Crippen LogP contribution in [0.5, 0.6) is 5.75 Å². The molecule has 1 N–H and O–H groups in total. The lowest BCUT2D eigenvalue weighted by molar-refractivity contribution is -0.137. The first-order valence-electron chi connectivity index (χ1n) is 14.8. The molecule has 0 radical (unpaired) electrons. The molecule has 3 heterocycles. The first kappa shape index (κ1) is 27.4. The van der Waals surface area contributed by atoms with Gasteiger partial charge >= 0.3 is 5.97 Å². The number of carboxylic acid groups (broad SMARTS) is 1. The Balaban J connectivity index is 1.44. The zero-order valence-corrected chi connectivity index (χ0v) is 24.6. The van der Waals surface area contributed by atoms with E-state index in [2.05, 4.69) is 54.2 Å². The Morgan fingerprint density at radius 2 is 2.05 bits per heavy atom. The number of carbonyl (C=O) groups is 1. The molecule has 0 spiro atoms. The SMILES string of the molecule is CC[C@@H]1CN(Cc2cc([C@H](CC(=O)O)c3cc(C)c4c(nnn4C)c3C)cc3c2CCC3)[C@@H](C)c2ncccc2O1. The normalized spacial score (nSPS) is 19.4. The van der Waals surface area contributed by atoms with Crippen LogP contribution in [0, 0.1) is 13.8 Å². The number of nitrogens with zero attached hydrogens (tertiary/aromatic N) is 5. The van der Waals surface area contributed by atoms with Gasteiger partial charge in [-0.15, -0.1) is 5.10 Å². The Morgan fingerprint density at radius 3 is 2.83 bits per heavy atom. The highest BCUT2D eigenvalue weighted by Gasteiger charge is 2.31. The van der Waals surface area contributed by atoms with Gasteiger partial charge in [-0.1, -0.05) is 30.3 Å². The molecule has 2 aromatic heterocycles. The molecule has 6 rings (SSSR count). The first-order valence-corrected chi connectivity index (χ1v) is 14.8. The highest BCUT2D eigenvalue weighted by Crippen LogP contribution is 2.40. The molecule has 3 atom stereocenters. The minimum Gasteiger partial charge on any atom is -0.487 e. The average molecular weight is 554 g/mol. The van der Waals surface area contributed by atoms with Crippen LogP contribution in [0.15, 0.2) is 36.5 Å². The van der Waals surface area contributed by atoms with Crippen molar-refractivity contribution < 1.29 is 14.6 Å². The number of ether oxygens (including phenoxy) is 1. The van der Waals surface area contributed by atoms with E-state index in [1.165, 1.54) is 16.7 Å². The third kappa shape index (κ3) is 4.99. The number of rotatable bonds is 7. The minimum atomic E-state index is -0.805. The quantitative estimate of drug-likeness (QED) is 0.309. The molecule has 214 valence electrons. The third-order valence-corrected chi connectivity index (χ3v) is 9.15. The largest absolute Gasteiger partial charge is 0.487 e. The molecule has 2 aromatic carbocycles. The maximum absolute atomic E-state index is 12.3. The number of hydrogen-bond donors (Lipinski definition) is 1. The number of fused-ring (bicyclic) bond motifs is 3. The molecule has 0 fully saturated rings. The van der Waals surface area contributed by atoms with Crippen LogP contribution in [0.1, 0.15) is 89.7 Å². The molecular weight excluding hydrogens is 514 g/mol. The summed E-state index contributed by atoms with van der Waals surface area (Å²) in [7, 11) is 1.90. The van der Waals surface area contributed by atoms with Crippen molar-refractivity contribution in [3.05, 3.63) is 81.2 Å². The second-order valence-corrected chi connectivity index (χ2v) is 11.8. The molecule has 4 aromatic rings. The van der Waals surface area contributed by atoms with Crippen LogP contribution in [0.4, 0.5) is 0 Å². The van der Waals surface area contributed by atoms with Crippen molar-refractivity contribution in [2.24, 2.45) is 7.05 Å². The maximum atomic E-state index is 12.3. The lowest BCUT2D eigenvalue weighted by atomic mass is 9.82. The van der Waals surface area contributed by atoms with Gasteiger partial charge in [0.2, 0.25) is 0 Å². The van der Waals surface area contributed by atoms with Crippen LogP contribution in [0.3, 0.4) is 0 Å². The van der Waals surface area contributed by atoms with Gasteiger partial charge in [0.25, 0.3) is 0 Å². The molecule has 41 heavy (non-hydrogen) atoms. The van der Waals surface area contributed by atoms with Gasteiger partial charge in [0.05, 0.1) is 23.7 Å². The molecule has 0 saturated heterocycles. The van der Waals surface area contributed by atoms with Gasteiger partial charge in [-0.25, -0.2) is 4.68 Å². The van der Waals surface area contributed by atoms with E-state index in [-0.39, 0.29) is 24.5 Å². The summed E-state index contributed by atoms with van der Waals surface area (Å²) < 4.78 is 8.18. The Hall–Kier alpha value is -3.78. The molecule has 0 bridgehead atoms. The fraction of sp³-hybridized carbons (Fsp3) is 0.455. The minimum absolute atomic E-state index is 0.0213. The summed E-state index contributed by atoms with van der Waals surface area (Å²) in [5, 5.41) is 18.8. The van der Waals surface area contributed by atoms with E-state index in [0.29, 0.717) is 0 Å². The third-order valence-electron chi connectivity index (χ3n) is 9.15. The van der Waals surface area contributed by atoms with Crippen molar-refractivity contribution in [1.82, 2.24) is 24.9 Å². The van der Waals surface area contributed by atoms with Crippen molar-refractivity contribution in [2.75, 3.05) is 6.54 Å². The van der Waals surface area contributed by atoms with E-state index < -0.39 is 5.97 Å². The van der Waals surface area contributed by atoms with E-state index in [1.807, 2.05) is 32.3 Å². The average Bonchev–Trinajstić information content (AvgIpc) is 3.56. The molecular formula is C33H39N5O3. The molecule has 0 saturated carbocycles. The Bertz CT molecular complexity index is 1630. The second kappa shape index (κ2) is 10.9. The fourth-order valence-corrected chi connectivity index (χ4v) is 6.97. The molecule has 8 nitrogen and oxygen atoms in total. The van der Waals surface area contributed by atoms with Crippen molar-refractivity contribution in [1.29, 1.82) is 0 Å². The van der Waals surface area contributed by atoms with Crippen molar-refractivity contribution in [2.45, 2.75) is 84.4 Å². The Labute approximate surface area is 241 Å². The van der Waals surface area contributed by atoms with Crippen LogP contribution >= 0.6 is 0 Å². The number of aliphatic carboxylic acids is 1. The predicted octanol–water partition coefficient (Wildman–Crippen LogP) is 5.81. The summed E-state index contributed by atoms with van der Waals surface area (Å²) in [5.41, 5.74) is 11.0. The van der Waals surface area contributed by atoms with Gasteiger partial charge in [-0.05, 0) is 97.5 Å². The van der Waals surface area contributed by atoms with Gasteiger partial charge in [0.1, 0.15) is 17.4 Å². The van der Waals surface area contributed by atoms with Gasteiger partial charge in [-0.3, -0.25) is 14.7 Å². The predicted molar refractivity (Wildman–Crippen MR) is 158 cm³/mol. The van der Waals surface area contributed by atoms with Crippen LogP contribution in [-0.4, -0.2) is 48.6 Å². The van der Waals surface area contributed by atoms with Crippen molar-refractivity contribution in [3.8, 4) is 5.75 Å². The summed E-state index contributed by atoms with van der Waals surface area (Å²) in [6.45, 7) is 10.1. The monoisotopic (exact) mass is 553 g/mol. The molecule has 0 unspecified atom stereocenters. The van der Waals surface area contributed by atoms with Gasteiger partial charge < -0.3 is 9.84 Å². The number of carboxylic acids is 1. The molecule has 8 heteroatoms. The van der Waals surface area contributed by atoms with Crippen LogP contribution < -0.4 is 4.74 Å². The lowest BCUT2D eigenvalue weighted by Crippen LogP contribution is -2.34. The van der Waals surface area contributed by atoms with E-state index in [0.717, 1.165) is 83.5 Å². The first-order chi connectivity index (χ1) is 19.7. The number of hydrogen-bond acceptors (Lipinski definition) is 6. The van der Waals surface area contributed by atoms with E-state index in [4.69, 9.17) is 9.72 Å². The van der Waals surface area contributed by atoms with Crippen LogP contribution in [0.2, 0.25) is 0 Å². The zero-order valence-electron chi connectivity index (χ0n) is 24.6. The summed E-state index contributed by atoms with van der Waals surface area (Å²) in [6.07, 6.45) is 6.08. The summed E-state index contributed by atoms with van der Waals surface area (Å²) in [6, 6.07) is 10.8. The Kier molecular flexibility index (Phi) is 7.28. The summed E-state index contributed by atoms with van der Waals surface area (Å²) >= 11 is 0.